The van der Waals surface area contributed by atoms with Gasteiger partial charge in [-0.15, -0.1) is 0 Å². The lowest BCUT2D eigenvalue weighted by atomic mass is 10.2. The molecule has 2 aliphatic rings. The normalized spacial score (nSPS) is 31.9. The third-order valence-corrected chi connectivity index (χ3v) is 4.15. The quantitative estimate of drug-likeness (QED) is 0.682. The van der Waals surface area contributed by atoms with Crippen molar-refractivity contribution in [3.05, 3.63) is 0 Å². The van der Waals surface area contributed by atoms with Crippen LogP contribution in [0.15, 0.2) is 0 Å². The predicted molar refractivity (Wildman–Crippen MR) is 60.9 cm³/mol. The zero-order valence-electron chi connectivity index (χ0n) is 8.82. The third kappa shape index (κ3) is 2.46. The number of amides is 1. The summed E-state index contributed by atoms with van der Waals surface area (Å²) in [6.07, 6.45) is 1.97. The first-order valence-electron chi connectivity index (χ1n) is 5.55. The number of rotatable bonds is 2. The lowest BCUT2D eigenvalue weighted by Gasteiger charge is -2.30. The highest BCUT2D eigenvalue weighted by atomic mass is 32.2. The van der Waals surface area contributed by atoms with Crippen LogP contribution in [0.1, 0.15) is 12.8 Å². The average molecular weight is 230 g/mol. The van der Waals surface area contributed by atoms with Gasteiger partial charge in [-0.2, -0.15) is 11.8 Å². The molecule has 0 radical (unpaired) electrons. The summed E-state index contributed by atoms with van der Waals surface area (Å²) in [6.45, 7) is 1.83. The Labute approximate surface area is 94.4 Å². The molecule has 1 unspecified atom stereocenters. The Balaban J connectivity index is 1.93. The number of hydrogen-bond acceptors (Lipinski definition) is 4. The maximum atomic E-state index is 12.1. The number of carbonyl (C=O) groups excluding carboxylic acids is 1. The smallest absolute Gasteiger partial charge is 0.240 e. The predicted octanol–water partition coefficient (Wildman–Crippen LogP) is -0.325. The fraction of sp³-hybridized carbons (Fsp3) is 0.900. The molecule has 2 saturated heterocycles. The van der Waals surface area contributed by atoms with E-state index >= 15 is 0 Å². The highest BCUT2D eigenvalue weighted by Crippen LogP contribution is 2.19. The number of thioether (sulfide) groups is 1. The molecule has 2 N–H and O–H groups in total. The summed E-state index contributed by atoms with van der Waals surface area (Å²) in [5.74, 6) is 2.14. The number of carbonyl (C=O) groups is 1. The molecule has 5 heteroatoms. The summed E-state index contributed by atoms with van der Waals surface area (Å²) in [4.78, 5) is 14.0. The number of aliphatic hydroxyl groups is 1. The second-order valence-corrected chi connectivity index (χ2v) is 5.24. The molecule has 0 bridgehead atoms. The van der Waals surface area contributed by atoms with Crippen LogP contribution in [0, 0.1) is 0 Å². The first-order chi connectivity index (χ1) is 7.33. The van der Waals surface area contributed by atoms with Crippen LogP contribution in [0.25, 0.3) is 0 Å². The molecule has 2 heterocycles. The molecule has 2 fully saturated rings. The van der Waals surface area contributed by atoms with E-state index in [2.05, 4.69) is 5.32 Å². The van der Waals surface area contributed by atoms with Crippen LogP contribution in [0.2, 0.25) is 0 Å². The van der Waals surface area contributed by atoms with Crippen molar-refractivity contribution in [2.75, 3.05) is 31.2 Å². The minimum Gasteiger partial charge on any atom is -0.394 e. The molecule has 0 aromatic heterocycles. The summed E-state index contributed by atoms with van der Waals surface area (Å²) in [5, 5.41) is 12.4. The van der Waals surface area contributed by atoms with Crippen LogP contribution in [-0.2, 0) is 4.79 Å². The van der Waals surface area contributed by atoms with E-state index in [1.165, 1.54) is 0 Å². The number of nitrogens with one attached hydrogen (secondary N) is 1. The van der Waals surface area contributed by atoms with Gasteiger partial charge in [0.2, 0.25) is 5.91 Å². The highest BCUT2D eigenvalue weighted by Gasteiger charge is 2.33. The number of likely N-dealkylation sites (tertiary alicyclic amines) is 1. The molecule has 86 valence electrons. The van der Waals surface area contributed by atoms with E-state index in [9.17, 15) is 4.79 Å². The van der Waals surface area contributed by atoms with E-state index in [0.717, 1.165) is 37.4 Å². The number of hydrogen-bond donors (Lipinski definition) is 2. The summed E-state index contributed by atoms with van der Waals surface area (Å²) in [7, 11) is 0. The van der Waals surface area contributed by atoms with Crippen molar-refractivity contribution in [3.8, 4) is 0 Å². The summed E-state index contributed by atoms with van der Waals surface area (Å²) < 4.78 is 0. The second kappa shape index (κ2) is 5.18. The van der Waals surface area contributed by atoms with Crippen molar-refractivity contribution < 1.29 is 9.90 Å². The van der Waals surface area contributed by atoms with Gasteiger partial charge in [-0.3, -0.25) is 4.79 Å². The summed E-state index contributed by atoms with van der Waals surface area (Å²) in [6, 6.07) is 0.0297. The Morgan fingerprint density at radius 2 is 2.47 bits per heavy atom. The van der Waals surface area contributed by atoms with Gasteiger partial charge in [-0.25, -0.2) is 0 Å². The van der Waals surface area contributed by atoms with E-state index in [1.807, 2.05) is 16.7 Å². The van der Waals surface area contributed by atoms with Gasteiger partial charge in [0.15, 0.2) is 0 Å². The molecule has 0 aromatic carbocycles. The molecule has 4 nitrogen and oxygen atoms in total. The van der Waals surface area contributed by atoms with Crippen LogP contribution >= 0.6 is 11.8 Å². The zero-order chi connectivity index (χ0) is 10.7. The van der Waals surface area contributed by atoms with Crippen LogP contribution in [0.5, 0.6) is 0 Å². The van der Waals surface area contributed by atoms with E-state index < -0.39 is 0 Å². The Kier molecular flexibility index (Phi) is 3.88. The van der Waals surface area contributed by atoms with E-state index in [1.54, 1.807) is 0 Å². The Morgan fingerprint density at radius 1 is 1.60 bits per heavy atom. The summed E-state index contributed by atoms with van der Waals surface area (Å²) in [5.41, 5.74) is 0. The first-order valence-corrected chi connectivity index (χ1v) is 6.71. The van der Waals surface area contributed by atoms with Crippen molar-refractivity contribution >= 4 is 17.7 Å². The van der Waals surface area contributed by atoms with Gasteiger partial charge in [0.05, 0.1) is 18.7 Å². The first kappa shape index (κ1) is 11.2. The monoisotopic (exact) mass is 230 g/mol. The van der Waals surface area contributed by atoms with Crippen LogP contribution in [-0.4, -0.2) is 59.2 Å². The van der Waals surface area contributed by atoms with Gasteiger partial charge in [-0.05, 0) is 12.8 Å². The molecule has 2 rings (SSSR count). The molecule has 0 spiro atoms. The lowest BCUT2D eigenvalue weighted by molar-refractivity contribution is -0.134. The summed E-state index contributed by atoms with van der Waals surface area (Å²) >= 11 is 1.83. The van der Waals surface area contributed by atoms with Gasteiger partial charge in [0, 0.05) is 24.6 Å². The molecule has 0 aromatic rings. The molecular formula is C10H18N2O2S. The minimum absolute atomic E-state index is 0.0316. The van der Waals surface area contributed by atoms with Crippen molar-refractivity contribution in [1.29, 1.82) is 0 Å². The third-order valence-electron chi connectivity index (χ3n) is 3.09. The molecular weight excluding hydrogens is 212 g/mol. The highest BCUT2D eigenvalue weighted by molar-refractivity contribution is 7.99. The van der Waals surface area contributed by atoms with Crippen molar-refractivity contribution in [2.24, 2.45) is 0 Å². The van der Waals surface area contributed by atoms with E-state index in [0.29, 0.717) is 0 Å². The zero-order valence-corrected chi connectivity index (χ0v) is 9.63. The Bertz CT molecular complexity index is 231. The van der Waals surface area contributed by atoms with E-state index in [-0.39, 0.29) is 24.6 Å². The standard InChI is InChI=1S/C10H18N2O2S/c13-6-8-2-1-4-12(8)10(14)9-7-15-5-3-11-9/h8-9,11,13H,1-7H2/t8-,9?/m0/s1. The lowest BCUT2D eigenvalue weighted by Crippen LogP contribution is -2.52. The number of nitrogens with zero attached hydrogens (tertiary/aromatic N) is 1. The van der Waals surface area contributed by atoms with Crippen LogP contribution < -0.4 is 5.32 Å². The van der Waals surface area contributed by atoms with Gasteiger partial charge in [-0.1, -0.05) is 0 Å². The average Bonchev–Trinajstić information content (AvgIpc) is 2.77. The van der Waals surface area contributed by atoms with Crippen LogP contribution in [0.4, 0.5) is 0 Å². The molecule has 0 saturated carbocycles. The topological polar surface area (TPSA) is 52.6 Å². The van der Waals surface area contributed by atoms with Gasteiger partial charge < -0.3 is 15.3 Å². The molecule has 1 amide bonds. The number of aliphatic hydroxyl groups excluding tert-OH is 1. The maximum Gasteiger partial charge on any atom is 0.240 e. The fourth-order valence-corrected chi connectivity index (χ4v) is 3.16. The van der Waals surface area contributed by atoms with Crippen molar-refractivity contribution in [2.45, 2.75) is 24.9 Å². The molecule has 2 aliphatic heterocycles. The molecule has 2 atom stereocenters. The second-order valence-electron chi connectivity index (χ2n) is 4.09. The molecule has 0 aliphatic carbocycles. The van der Waals surface area contributed by atoms with Gasteiger partial charge in [0.25, 0.3) is 0 Å². The van der Waals surface area contributed by atoms with Gasteiger partial charge in [0.1, 0.15) is 0 Å². The SMILES string of the molecule is O=C(C1CSCCN1)N1CCC[C@H]1CO. The fourth-order valence-electron chi connectivity index (χ4n) is 2.24. The van der Waals surface area contributed by atoms with Crippen LogP contribution in [0.3, 0.4) is 0 Å². The van der Waals surface area contributed by atoms with Crippen molar-refractivity contribution in [1.82, 2.24) is 10.2 Å². The maximum absolute atomic E-state index is 12.1. The Hall–Kier alpha value is -0.260. The minimum atomic E-state index is -0.0316. The van der Waals surface area contributed by atoms with Crippen molar-refractivity contribution in [3.63, 3.8) is 0 Å². The Morgan fingerprint density at radius 3 is 3.13 bits per heavy atom. The van der Waals surface area contributed by atoms with E-state index in [4.69, 9.17) is 5.11 Å². The van der Waals surface area contributed by atoms with Gasteiger partial charge >= 0.3 is 0 Å². The molecule has 15 heavy (non-hydrogen) atoms. The largest absolute Gasteiger partial charge is 0.394 e.